The lowest BCUT2D eigenvalue weighted by molar-refractivity contribution is 0.207. The molecule has 0 unspecified atom stereocenters. The Hall–Kier alpha value is -0.560. The van der Waals surface area contributed by atoms with Gasteiger partial charge in [0.25, 0.3) is 0 Å². The highest BCUT2D eigenvalue weighted by Crippen LogP contribution is 2.12. The van der Waals surface area contributed by atoms with Crippen LogP contribution in [0, 0.1) is 0 Å². The smallest absolute Gasteiger partial charge is 0.0685 e. The maximum Gasteiger partial charge on any atom is 0.0685 e. The number of hydrogen-bond acceptors (Lipinski definition) is 1. The Bertz CT molecular complexity index is 145. The van der Waals surface area contributed by atoms with Gasteiger partial charge in [-0.05, 0) is 18.9 Å². The third kappa shape index (κ3) is 2.02. The normalized spacial score (nSPS) is 17.7. The van der Waals surface area contributed by atoms with Crippen LogP contribution in [-0.4, -0.2) is 13.2 Å². The Kier molecular flexibility index (Phi) is 2.06. The monoisotopic (exact) mass is 124 g/mol. The average molecular weight is 124 g/mol. The number of rotatable bonds is 2. The van der Waals surface area contributed by atoms with Gasteiger partial charge in [0.1, 0.15) is 0 Å². The minimum atomic E-state index is 0.794. The van der Waals surface area contributed by atoms with E-state index in [0.29, 0.717) is 0 Å². The Balaban J connectivity index is 2.35. The zero-order valence-corrected chi connectivity index (χ0v) is 5.81. The van der Waals surface area contributed by atoms with Crippen molar-refractivity contribution < 1.29 is 4.74 Å². The summed E-state index contributed by atoms with van der Waals surface area (Å²) in [5, 5.41) is 0. The minimum Gasteiger partial charge on any atom is -0.373 e. The van der Waals surface area contributed by atoms with Gasteiger partial charge >= 0.3 is 0 Å². The summed E-state index contributed by atoms with van der Waals surface area (Å²) >= 11 is 0. The molecular formula is C8H12O. The Labute approximate surface area is 56.0 Å². The number of allylic oxidation sites excluding steroid dienone is 1. The van der Waals surface area contributed by atoms with Crippen molar-refractivity contribution in [2.75, 3.05) is 13.2 Å². The molecule has 50 valence electrons. The first kappa shape index (κ1) is 6.56. The molecule has 1 nitrogen and oxygen atoms in total. The maximum absolute atomic E-state index is 5.12. The van der Waals surface area contributed by atoms with Gasteiger partial charge < -0.3 is 4.74 Å². The largest absolute Gasteiger partial charge is 0.373 e. The van der Waals surface area contributed by atoms with Gasteiger partial charge in [0.2, 0.25) is 0 Å². The highest BCUT2D eigenvalue weighted by atomic mass is 16.5. The van der Waals surface area contributed by atoms with Crippen LogP contribution in [0.2, 0.25) is 0 Å². The van der Waals surface area contributed by atoms with Crippen LogP contribution < -0.4 is 0 Å². The molecule has 0 saturated heterocycles. The van der Waals surface area contributed by atoms with Gasteiger partial charge in [-0.25, -0.2) is 0 Å². The summed E-state index contributed by atoms with van der Waals surface area (Å²) in [6, 6.07) is 0. The van der Waals surface area contributed by atoms with E-state index in [1.807, 2.05) is 6.92 Å². The lowest BCUT2D eigenvalue weighted by Crippen LogP contribution is -1.87. The van der Waals surface area contributed by atoms with E-state index in [4.69, 9.17) is 4.74 Å². The quantitative estimate of drug-likeness (QED) is 0.511. The fourth-order valence-electron chi connectivity index (χ4n) is 0.937. The Morgan fingerprint density at radius 2 is 2.67 bits per heavy atom. The zero-order chi connectivity index (χ0) is 6.69. The van der Waals surface area contributed by atoms with E-state index in [2.05, 4.69) is 12.7 Å². The van der Waals surface area contributed by atoms with E-state index < -0.39 is 0 Å². The topological polar surface area (TPSA) is 9.23 Å². The Morgan fingerprint density at radius 3 is 3.11 bits per heavy atom. The summed E-state index contributed by atoms with van der Waals surface area (Å²) in [4.78, 5) is 0. The van der Waals surface area contributed by atoms with E-state index in [1.165, 1.54) is 11.1 Å². The molecule has 1 heteroatoms. The van der Waals surface area contributed by atoms with Crippen molar-refractivity contribution in [3.05, 3.63) is 23.8 Å². The fourth-order valence-corrected chi connectivity index (χ4v) is 0.937. The second-order valence-corrected chi connectivity index (χ2v) is 2.51. The number of hydrogen-bond donors (Lipinski definition) is 0. The summed E-state index contributed by atoms with van der Waals surface area (Å²) in [6.45, 7) is 7.47. The molecule has 0 atom stereocenters. The molecule has 9 heavy (non-hydrogen) atoms. The van der Waals surface area contributed by atoms with E-state index in [-0.39, 0.29) is 0 Å². The third-order valence-corrected chi connectivity index (χ3v) is 1.31. The van der Waals surface area contributed by atoms with Gasteiger partial charge in [-0.15, -0.1) is 0 Å². The van der Waals surface area contributed by atoms with Crippen molar-refractivity contribution in [2.24, 2.45) is 0 Å². The van der Waals surface area contributed by atoms with Crippen LogP contribution in [0.15, 0.2) is 23.8 Å². The second-order valence-electron chi connectivity index (χ2n) is 2.51. The molecule has 0 N–H and O–H groups in total. The van der Waals surface area contributed by atoms with Crippen molar-refractivity contribution in [3.8, 4) is 0 Å². The Morgan fingerprint density at radius 1 is 1.89 bits per heavy atom. The minimum absolute atomic E-state index is 0.794. The van der Waals surface area contributed by atoms with Crippen molar-refractivity contribution in [1.82, 2.24) is 0 Å². The average Bonchev–Trinajstić information content (AvgIpc) is 2.15. The third-order valence-electron chi connectivity index (χ3n) is 1.31. The van der Waals surface area contributed by atoms with Crippen LogP contribution in [0.3, 0.4) is 0 Å². The molecule has 1 heterocycles. The molecule has 0 aliphatic carbocycles. The van der Waals surface area contributed by atoms with Crippen LogP contribution in [0.25, 0.3) is 0 Å². The second kappa shape index (κ2) is 2.83. The summed E-state index contributed by atoms with van der Waals surface area (Å²) < 4.78 is 5.12. The van der Waals surface area contributed by atoms with Gasteiger partial charge in [0.05, 0.1) is 13.2 Å². The molecule has 0 aromatic rings. The van der Waals surface area contributed by atoms with Gasteiger partial charge in [0, 0.05) is 0 Å². The summed E-state index contributed by atoms with van der Waals surface area (Å²) in [5.41, 5.74) is 2.59. The molecule has 1 aliphatic heterocycles. The van der Waals surface area contributed by atoms with Crippen LogP contribution in [0.5, 0.6) is 0 Å². The first-order chi connectivity index (χ1) is 4.29. The van der Waals surface area contributed by atoms with Gasteiger partial charge in [-0.1, -0.05) is 18.2 Å². The predicted octanol–water partition coefficient (Wildman–Crippen LogP) is 1.91. The predicted molar refractivity (Wildman–Crippen MR) is 38.3 cm³/mol. The lowest BCUT2D eigenvalue weighted by atomic mass is 10.1. The maximum atomic E-state index is 5.12. The van der Waals surface area contributed by atoms with Crippen molar-refractivity contribution in [1.29, 1.82) is 0 Å². The van der Waals surface area contributed by atoms with Crippen molar-refractivity contribution in [3.63, 3.8) is 0 Å². The van der Waals surface area contributed by atoms with Crippen LogP contribution in [-0.2, 0) is 4.74 Å². The standard InChI is InChI=1S/C8H12O/c1-7(2)5-8-3-4-9-6-8/h3H,1,4-6H2,2H3. The lowest BCUT2D eigenvalue weighted by Gasteiger charge is -1.97. The van der Waals surface area contributed by atoms with Gasteiger partial charge in [-0.3, -0.25) is 0 Å². The number of ether oxygens (including phenoxy) is 1. The van der Waals surface area contributed by atoms with E-state index >= 15 is 0 Å². The molecule has 0 fully saturated rings. The molecular weight excluding hydrogens is 112 g/mol. The molecule has 0 aromatic heterocycles. The van der Waals surface area contributed by atoms with E-state index in [9.17, 15) is 0 Å². The zero-order valence-electron chi connectivity index (χ0n) is 5.81. The molecule has 0 aromatic carbocycles. The van der Waals surface area contributed by atoms with E-state index in [0.717, 1.165) is 19.6 Å². The highest BCUT2D eigenvalue weighted by molar-refractivity contribution is 5.14. The van der Waals surface area contributed by atoms with Crippen molar-refractivity contribution >= 4 is 0 Å². The first-order valence-electron chi connectivity index (χ1n) is 3.19. The molecule has 1 rings (SSSR count). The highest BCUT2D eigenvalue weighted by Gasteiger charge is 2.02. The van der Waals surface area contributed by atoms with Crippen LogP contribution >= 0.6 is 0 Å². The molecule has 0 amide bonds. The molecule has 0 radical (unpaired) electrons. The molecule has 0 saturated carbocycles. The van der Waals surface area contributed by atoms with Crippen LogP contribution in [0.4, 0.5) is 0 Å². The summed E-state index contributed by atoms with van der Waals surface area (Å²) in [6.07, 6.45) is 3.15. The van der Waals surface area contributed by atoms with Gasteiger partial charge in [0.15, 0.2) is 0 Å². The molecule has 0 bridgehead atoms. The molecule has 0 spiro atoms. The molecule has 1 aliphatic rings. The van der Waals surface area contributed by atoms with Crippen molar-refractivity contribution in [2.45, 2.75) is 13.3 Å². The van der Waals surface area contributed by atoms with E-state index in [1.54, 1.807) is 0 Å². The SMILES string of the molecule is C=C(C)CC1=CCOC1. The summed E-state index contributed by atoms with van der Waals surface area (Å²) in [5.74, 6) is 0. The fraction of sp³-hybridized carbons (Fsp3) is 0.500. The van der Waals surface area contributed by atoms with Gasteiger partial charge in [-0.2, -0.15) is 0 Å². The van der Waals surface area contributed by atoms with Crippen LogP contribution in [0.1, 0.15) is 13.3 Å². The first-order valence-corrected chi connectivity index (χ1v) is 3.19. The summed E-state index contributed by atoms with van der Waals surface area (Å²) in [7, 11) is 0.